The fraction of sp³-hybridized carbons (Fsp3) is 0.352. The molecule has 0 heterocycles. The lowest BCUT2D eigenvalue weighted by Crippen LogP contribution is -2.32. The number of benzene rings is 2. The first-order chi connectivity index (χ1) is 62.3. The van der Waals surface area contributed by atoms with Crippen molar-refractivity contribution in [2.45, 2.75) is 104 Å². The highest BCUT2D eigenvalue weighted by atomic mass is 32.2. The quantitative estimate of drug-likeness (QED) is 0.0155. The van der Waals surface area contributed by atoms with Gasteiger partial charge in [-0.15, -0.1) is 0 Å². The number of carbonyl (C=O) groups excluding carboxylic acids is 12. The van der Waals surface area contributed by atoms with Crippen molar-refractivity contribution >= 4 is 91.6 Å². The molecule has 0 unspecified atom stereocenters. The predicted molar refractivity (Wildman–Crippen MR) is 476 cm³/mol. The number of nitriles is 6. The monoisotopic (exact) mass is 1860 g/mol. The molecule has 0 saturated heterocycles. The van der Waals surface area contributed by atoms with Gasteiger partial charge in [-0.25, -0.2) is 74.5 Å². The zero-order valence-electron chi connectivity index (χ0n) is 73.5. The summed E-state index contributed by atoms with van der Waals surface area (Å²) >= 11 is 0. The summed E-state index contributed by atoms with van der Waals surface area (Å²) in [7, 11) is -7.73. The minimum Gasteiger partial charge on any atom is -0.472 e. The summed E-state index contributed by atoms with van der Waals surface area (Å²) in [6.07, 6.45) is 5.58. The summed E-state index contributed by atoms with van der Waals surface area (Å²) in [5.74, 6) is -9.49. The van der Waals surface area contributed by atoms with Crippen LogP contribution >= 0.6 is 0 Å². The Hall–Kier alpha value is -16.4. The summed E-state index contributed by atoms with van der Waals surface area (Å²) in [6.45, 7) is 69.0. The standard InChI is InChI=1S/C21H15N3O6.C20H21N3O6.C19H19NO8S2.C16H22N4O4.C8H14O2.C7H12O2/c1-13(8-22)10-28-19(25)16-5-17(20(26)29-11-14(2)9-23)7-18(6-16)21(27)30-12-15(3)24-4;1-14(9-21)11-27-18(24)7-5-17(20(26)29-13-16(3)23-4)6-8-19(25)28-12-15(2)10-22;1-4-29(23,24)12-17(13-30(25,26)5-2)28-19(22)16-8-6-15(7-9-16)18(21)27-11-14(3)10-20;1-13(10-17)11-23-15(21)19-8-6-4-5-7-9-20-16(22)24-12-14(2)18-3;1-4-5-6-10-8(9)7(2)3;1-3-5-6-9-7(8)4-2/h5-7H,1-3,10-12H2;17H,1-3,5-8,11-13H2;4-9,17H,1-3,11-13H2;1-2,4-9,11-12H2,(H,19,21)(H,20,22);2,4-6H2,1,3H3;4H,2-3,5-6H2,1H3. The van der Waals surface area contributed by atoms with Gasteiger partial charge < -0.3 is 67.5 Å². The van der Waals surface area contributed by atoms with Gasteiger partial charge in [0.2, 0.25) is 0 Å². The van der Waals surface area contributed by atoms with E-state index in [2.05, 4.69) is 122 Å². The Balaban J connectivity index is -0.000000776. The normalized spacial score (nSPS) is 9.58. The van der Waals surface area contributed by atoms with Crippen LogP contribution in [0, 0.1) is 93.6 Å². The number of esters is 10. The van der Waals surface area contributed by atoms with E-state index in [0.29, 0.717) is 42.7 Å². The predicted octanol–water partition coefficient (Wildman–Crippen LogP) is 12.6. The van der Waals surface area contributed by atoms with Gasteiger partial charge in [-0.05, 0) is 87.9 Å². The number of hydrogen-bond acceptors (Lipinski definition) is 34. The molecule has 2 aromatic carbocycles. The molecule has 132 heavy (non-hydrogen) atoms. The van der Waals surface area contributed by atoms with Crippen LogP contribution in [0.5, 0.6) is 0 Å². The zero-order valence-corrected chi connectivity index (χ0v) is 75.1. The summed E-state index contributed by atoms with van der Waals surface area (Å²) in [5.41, 5.74) is 0.492. The van der Waals surface area contributed by atoms with Crippen LogP contribution in [0.4, 0.5) is 9.59 Å². The maximum Gasteiger partial charge on any atom is 0.407 e. The van der Waals surface area contributed by atoms with E-state index >= 15 is 0 Å². The van der Waals surface area contributed by atoms with Gasteiger partial charge in [0.15, 0.2) is 36.8 Å². The average Bonchev–Trinajstić information content (AvgIpc) is 0.824. The van der Waals surface area contributed by atoms with E-state index in [1.165, 1.54) is 30.3 Å². The van der Waals surface area contributed by atoms with Crippen molar-refractivity contribution in [2.75, 3.05) is 97.3 Å². The molecule has 0 aliphatic rings. The number of nitrogens with one attached hydrogen (secondary N) is 2. The number of alkyl carbamates (subject to hydrolysis) is 2. The van der Waals surface area contributed by atoms with Crippen molar-refractivity contribution in [1.82, 2.24) is 10.6 Å². The molecular weight excluding hydrogens is 1760 g/mol. The van der Waals surface area contributed by atoms with Gasteiger partial charge in [0.05, 0.1) is 148 Å². The maximum atomic E-state index is 12.3. The largest absolute Gasteiger partial charge is 0.472 e. The minimum atomic E-state index is -3.86. The lowest BCUT2D eigenvalue weighted by atomic mass is 9.97. The van der Waals surface area contributed by atoms with Crippen molar-refractivity contribution in [3.8, 4) is 36.4 Å². The first-order valence-corrected chi connectivity index (χ1v) is 42.2. The third kappa shape index (κ3) is 64.4. The van der Waals surface area contributed by atoms with Gasteiger partial charge >= 0.3 is 71.9 Å². The number of hydrogen-bond donors (Lipinski definition) is 2. The van der Waals surface area contributed by atoms with Crippen molar-refractivity contribution in [2.24, 2.45) is 5.92 Å². The van der Waals surface area contributed by atoms with E-state index in [1.807, 2.05) is 6.92 Å². The number of sulfone groups is 2. The molecule has 0 aliphatic carbocycles. The molecule has 0 aliphatic heterocycles. The third-order valence-electron chi connectivity index (χ3n) is 14.8. The molecule has 39 nitrogen and oxygen atoms in total. The highest BCUT2D eigenvalue weighted by molar-refractivity contribution is 7.95. The molecule has 0 bridgehead atoms. The molecule has 0 saturated carbocycles. The molecule has 2 amide bonds. The topological polar surface area (TPSA) is 564 Å². The SMILES string of the molecule is C=C(C)C(=O)OCCCC.C=CC(=O)OCCCC.C=CS(=O)(=O)CC(CS(=O)(=O)C=C)OC(=O)c1ccc(C(=O)OCC(=C)C#N)cc1.[C-]#[N+]C(=C)COC(=O)C(CCC(=O)OCC(=C)C#N)CCC(=O)OCC(=C)C#N.[C-]#[N+]C(=C)COC(=O)NCCCCCCNC(=O)OCC(=C)C#N.[C-]#[N+]C(=C)COC(=O)c1cc(C(=O)OCC(=C)C#N)cc(C(=O)OCC(=C)C#N)c1. The lowest BCUT2D eigenvalue weighted by Gasteiger charge is -2.16. The van der Waals surface area contributed by atoms with E-state index in [0.717, 1.165) is 69.6 Å². The van der Waals surface area contributed by atoms with Crippen molar-refractivity contribution in [1.29, 1.82) is 31.6 Å². The molecule has 0 fully saturated rings. The first kappa shape index (κ1) is 122. The van der Waals surface area contributed by atoms with Crippen LogP contribution in [-0.4, -0.2) is 192 Å². The molecule has 0 aromatic heterocycles. The smallest absolute Gasteiger partial charge is 0.407 e. The number of nitrogens with zero attached hydrogens (tertiary/aromatic N) is 9. The molecule has 0 radical (unpaired) electrons. The van der Waals surface area contributed by atoms with Crippen molar-refractivity contribution < 1.29 is 131 Å². The van der Waals surface area contributed by atoms with E-state index in [1.54, 1.807) is 43.3 Å². The van der Waals surface area contributed by atoms with Gasteiger partial charge in [0.1, 0.15) is 65.6 Å². The number of carbonyl (C=O) groups is 12. The first-order valence-electron chi connectivity index (χ1n) is 38.7. The lowest BCUT2D eigenvalue weighted by molar-refractivity contribution is -0.150. The third-order valence-corrected chi connectivity index (χ3v) is 17.5. The summed E-state index contributed by atoms with van der Waals surface area (Å²) in [5, 5.41) is 58.0. The van der Waals surface area contributed by atoms with E-state index < -0.39 is 103 Å². The van der Waals surface area contributed by atoms with Crippen LogP contribution in [0.1, 0.15) is 150 Å². The van der Waals surface area contributed by atoms with Crippen LogP contribution in [0.25, 0.3) is 14.5 Å². The zero-order chi connectivity index (χ0) is 101. The van der Waals surface area contributed by atoms with Gasteiger partial charge in [-0.1, -0.05) is 125 Å². The van der Waals surface area contributed by atoms with Crippen molar-refractivity contribution in [3.05, 3.63) is 263 Å². The number of unbranched alkanes of at least 4 members (excludes halogenated alkanes) is 5. The molecule has 2 aromatic rings. The van der Waals surface area contributed by atoms with Crippen LogP contribution in [0.15, 0.2) is 201 Å². The fourth-order valence-electron chi connectivity index (χ4n) is 7.86. The second kappa shape index (κ2) is 72.7. The Kier molecular flexibility index (Phi) is 67.2. The summed E-state index contributed by atoms with van der Waals surface area (Å²) in [4.78, 5) is 149. The van der Waals surface area contributed by atoms with Gasteiger partial charge in [-0.2, -0.15) is 31.6 Å². The van der Waals surface area contributed by atoms with E-state index in [4.69, 9.17) is 103 Å². The van der Waals surface area contributed by atoms with Gasteiger partial charge in [0.25, 0.3) is 0 Å². The van der Waals surface area contributed by atoms with Crippen LogP contribution in [-0.2, 0) is 100 Å². The average molecular weight is 1860 g/mol. The van der Waals surface area contributed by atoms with E-state index in [9.17, 15) is 74.4 Å². The Bertz CT molecular complexity index is 4900. The fourth-order valence-corrected chi connectivity index (χ4v) is 9.69. The summed E-state index contributed by atoms with van der Waals surface area (Å²) in [6, 6.07) is 18.7. The summed E-state index contributed by atoms with van der Waals surface area (Å²) < 4.78 is 105. The second-order valence-corrected chi connectivity index (χ2v) is 30.1. The Morgan fingerprint density at radius 2 is 0.712 bits per heavy atom. The molecular formula is C91H103N11O28S2. The molecule has 0 spiro atoms. The molecule has 41 heteroatoms. The maximum absolute atomic E-state index is 12.3. The highest BCUT2D eigenvalue weighted by Gasteiger charge is 2.28. The molecule has 0 atom stereocenters. The van der Waals surface area contributed by atoms with Gasteiger partial charge in [0, 0.05) is 48.4 Å². The molecule has 2 rings (SSSR count). The van der Waals surface area contributed by atoms with Gasteiger partial charge in [-0.3, -0.25) is 14.4 Å². The number of ether oxygens (including phenoxy) is 12. The van der Waals surface area contributed by atoms with E-state index in [-0.39, 0.29) is 175 Å². The highest BCUT2D eigenvalue weighted by Crippen LogP contribution is 2.20. The number of rotatable bonds is 52. The molecule has 702 valence electrons. The molecule has 2 N–H and O–H groups in total. The Labute approximate surface area is 767 Å². The van der Waals surface area contributed by atoms with Crippen molar-refractivity contribution in [3.63, 3.8) is 0 Å². The second-order valence-electron chi connectivity index (χ2n) is 26.1. The Morgan fingerprint density at radius 3 is 1.04 bits per heavy atom. The minimum absolute atomic E-state index is 0.00813. The Morgan fingerprint density at radius 1 is 0.409 bits per heavy atom. The van der Waals surface area contributed by atoms with Crippen LogP contribution in [0.3, 0.4) is 0 Å². The van der Waals surface area contributed by atoms with Crippen LogP contribution < -0.4 is 10.6 Å². The van der Waals surface area contributed by atoms with Crippen LogP contribution in [0.2, 0.25) is 0 Å². The number of amides is 2.